The zero-order valence-corrected chi connectivity index (χ0v) is 11.9. The van der Waals surface area contributed by atoms with Crippen molar-refractivity contribution in [3.05, 3.63) is 17.0 Å². The summed E-state index contributed by atoms with van der Waals surface area (Å²) in [6, 6.07) is 0. The zero-order chi connectivity index (χ0) is 13.8. The van der Waals surface area contributed by atoms with Gasteiger partial charge in [-0.15, -0.1) is 0 Å². The van der Waals surface area contributed by atoms with Crippen LogP contribution in [0.3, 0.4) is 0 Å². The van der Waals surface area contributed by atoms with Crippen molar-refractivity contribution < 1.29 is 13.5 Å². The van der Waals surface area contributed by atoms with Crippen LogP contribution in [0.25, 0.3) is 0 Å². The molecule has 1 rings (SSSR count). The van der Waals surface area contributed by atoms with Crippen molar-refractivity contribution in [2.75, 3.05) is 12.4 Å². The highest BCUT2D eigenvalue weighted by Gasteiger charge is 2.14. The molecule has 1 aromatic rings. The molecular weight excluding hydrogens is 254 g/mol. The van der Waals surface area contributed by atoms with Crippen LogP contribution in [0, 0.1) is 13.8 Å². The van der Waals surface area contributed by atoms with E-state index < -0.39 is 10.0 Å². The molecule has 6 nitrogen and oxygen atoms in total. The number of hydrogen-bond donors (Lipinski definition) is 2. The van der Waals surface area contributed by atoms with Crippen molar-refractivity contribution in [1.82, 2.24) is 14.5 Å². The smallest absolute Gasteiger partial charge is 0.211 e. The Morgan fingerprint density at radius 1 is 1.33 bits per heavy atom. The monoisotopic (exact) mass is 275 g/mol. The van der Waals surface area contributed by atoms with Crippen LogP contribution in [-0.4, -0.2) is 35.7 Å². The molecule has 0 aliphatic heterocycles. The number of nitrogens with one attached hydrogen (secondary N) is 1. The van der Waals surface area contributed by atoms with Crippen molar-refractivity contribution in [1.29, 1.82) is 0 Å². The number of aromatic nitrogens is 2. The third-order valence-electron chi connectivity index (χ3n) is 2.95. The van der Waals surface area contributed by atoms with Gasteiger partial charge in [-0.2, -0.15) is 5.10 Å². The van der Waals surface area contributed by atoms with Crippen LogP contribution < -0.4 is 4.72 Å². The first-order chi connectivity index (χ1) is 8.37. The molecule has 7 heteroatoms. The second-order valence-corrected chi connectivity index (χ2v) is 6.27. The maximum atomic E-state index is 11.7. The van der Waals surface area contributed by atoms with Gasteiger partial charge in [0.1, 0.15) is 0 Å². The van der Waals surface area contributed by atoms with E-state index in [1.54, 1.807) is 4.68 Å². The van der Waals surface area contributed by atoms with Gasteiger partial charge in [0.2, 0.25) is 10.0 Å². The quantitative estimate of drug-likeness (QED) is 0.698. The van der Waals surface area contributed by atoms with Gasteiger partial charge in [0.15, 0.2) is 0 Å². The van der Waals surface area contributed by atoms with E-state index in [1.165, 1.54) is 0 Å². The molecule has 104 valence electrons. The Bertz CT molecular complexity index is 494. The summed E-state index contributed by atoms with van der Waals surface area (Å²) in [5.74, 6) is 0.0475. The van der Waals surface area contributed by atoms with Gasteiger partial charge in [0.05, 0.1) is 11.4 Å². The van der Waals surface area contributed by atoms with Crippen molar-refractivity contribution in [2.45, 2.75) is 33.2 Å². The number of nitrogens with zero attached hydrogens (tertiary/aromatic N) is 2. The summed E-state index contributed by atoms with van der Waals surface area (Å²) in [6.45, 7) is 4.07. The first kappa shape index (κ1) is 15.1. The molecule has 0 radical (unpaired) electrons. The highest BCUT2D eigenvalue weighted by Crippen LogP contribution is 2.11. The lowest BCUT2D eigenvalue weighted by Gasteiger charge is -2.06. The minimum absolute atomic E-state index is 0.0241. The molecule has 0 amide bonds. The number of unbranched alkanes of at least 4 members (excludes halogenated alkanes) is 1. The fourth-order valence-electron chi connectivity index (χ4n) is 1.73. The van der Waals surface area contributed by atoms with Crippen LogP contribution in [0.4, 0.5) is 0 Å². The predicted octanol–water partition coefficient (Wildman–Crippen LogP) is 0.229. The van der Waals surface area contributed by atoms with Crippen molar-refractivity contribution in [2.24, 2.45) is 7.05 Å². The Labute approximate surface area is 108 Å². The van der Waals surface area contributed by atoms with E-state index in [2.05, 4.69) is 9.82 Å². The SMILES string of the molecule is Cc1nn(C)c(C)c1CNS(=O)(=O)CCCCO. The molecule has 0 saturated heterocycles. The van der Waals surface area contributed by atoms with E-state index in [1.807, 2.05) is 20.9 Å². The molecule has 0 spiro atoms. The summed E-state index contributed by atoms with van der Waals surface area (Å²) in [5, 5.41) is 12.9. The lowest BCUT2D eigenvalue weighted by atomic mass is 10.2. The van der Waals surface area contributed by atoms with Gasteiger partial charge >= 0.3 is 0 Å². The molecule has 0 aliphatic carbocycles. The van der Waals surface area contributed by atoms with Crippen LogP contribution in [0.15, 0.2) is 0 Å². The summed E-state index contributed by atoms with van der Waals surface area (Å²) in [4.78, 5) is 0. The van der Waals surface area contributed by atoms with Crippen LogP contribution in [0.5, 0.6) is 0 Å². The molecule has 0 unspecified atom stereocenters. The molecule has 1 heterocycles. The molecule has 0 aromatic carbocycles. The Kier molecular flexibility index (Phi) is 5.30. The van der Waals surface area contributed by atoms with E-state index in [0.29, 0.717) is 12.8 Å². The number of rotatable bonds is 7. The van der Waals surface area contributed by atoms with Crippen LogP contribution in [-0.2, 0) is 23.6 Å². The lowest BCUT2D eigenvalue weighted by Crippen LogP contribution is -2.26. The van der Waals surface area contributed by atoms with E-state index in [-0.39, 0.29) is 18.9 Å². The number of aliphatic hydroxyl groups excluding tert-OH is 1. The second-order valence-electron chi connectivity index (χ2n) is 4.34. The summed E-state index contributed by atoms with van der Waals surface area (Å²) in [7, 11) is -1.44. The molecule has 0 bridgehead atoms. The minimum atomic E-state index is -3.27. The third kappa shape index (κ3) is 4.08. The first-order valence-corrected chi connectivity index (χ1v) is 7.60. The van der Waals surface area contributed by atoms with Crippen LogP contribution >= 0.6 is 0 Å². The number of sulfonamides is 1. The van der Waals surface area contributed by atoms with Crippen LogP contribution in [0.1, 0.15) is 29.8 Å². The third-order valence-corrected chi connectivity index (χ3v) is 4.36. The molecule has 0 saturated carbocycles. The fourth-order valence-corrected chi connectivity index (χ4v) is 2.82. The number of aryl methyl sites for hydroxylation is 2. The Balaban J connectivity index is 2.59. The molecule has 2 N–H and O–H groups in total. The number of hydrogen-bond acceptors (Lipinski definition) is 4. The van der Waals surface area contributed by atoms with Gasteiger partial charge in [0, 0.05) is 31.5 Å². The molecule has 0 atom stereocenters. The topological polar surface area (TPSA) is 84.2 Å². The lowest BCUT2D eigenvalue weighted by molar-refractivity contribution is 0.287. The van der Waals surface area contributed by atoms with Gasteiger partial charge in [0.25, 0.3) is 0 Å². The summed E-state index contributed by atoms with van der Waals surface area (Å²) < 4.78 is 27.7. The standard InChI is InChI=1S/C11H21N3O3S/c1-9-11(10(2)14(3)13-9)8-12-18(16,17)7-5-4-6-15/h12,15H,4-8H2,1-3H3. The second kappa shape index (κ2) is 6.31. The van der Waals surface area contributed by atoms with E-state index in [9.17, 15) is 8.42 Å². The Morgan fingerprint density at radius 2 is 2.00 bits per heavy atom. The first-order valence-electron chi connectivity index (χ1n) is 5.94. The van der Waals surface area contributed by atoms with Crippen molar-refractivity contribution in [3.63, 3.8) is 0 Å². The van der Waals surface area contributed by atoms with E-state index >= 15 is 0 Å². The Hall–Kier alpha value is -0.920. The highest BCUT2D eigenvalue weighted by molar-refractivity contribution is 7.89. The summed E-state index contributed by atoms with van der Waals surface area (Å²) in [5.41, 5.74) is 2.72. The zero-order valence-electron chi connectivity index (χ0n) is 11.1. The molecule has 0 aliphatic rings. The largest absolute Gasteiger partial charge is 0.396 e. The van der Waals surface area contributed by atoms with Crippen molar-refractivity contribution in [3.8, 4) is 0 Å². The van der Waals surface area contributed by atoms with Gasteiger partial charge in [-0.1, -0.05) is 0 Å². The minimum Gasteiger partial charge on any atom is -0.396 e. The van der Waals surface area contributed by atoms with Gasteiger partial charge in [-0.25, -0.2) is 13.1 Å². The van der Waals surface area contributed by atoms with E-state index in [4.69, 9.17) is 5.11 Å². The maximum Gasteiger partial charge on any atom is 0.211 e. The normalized spacial score (nSPS) is 12.0. The maximum absolute atomic E-state index is 11.7. The summed E-state index contributed by atoms with van der Waals surface area (Å²) >= 11 is 0. The van der Waals surface area contributed by atoms with Crippen molar-refractivity contribution >= 4 is 10.0 Å². The highest BCUT2D eigenvalue weighted by atomic mass is 32.2. The number of aliphatic hydroxyl groups is 1. The average Bonchev–Trinajstić information content (AvgIpc) is 2.51. The van der Waals surface area contributed by atoms with Gasteiger partial charge in [-0.05, 0) is 26.7 Å². The molecule has 1 aromatic heterocycles. The van der Waals surface area contributed by atoms with E-state index in [0.717, 1.165) is 17.0 Å². The summed E-state index contributed by atoms with van der Waals surface area (Å²) in [6.07, 6.45) is 0.975. The molecule has 0 fully saturated rings. The Morgan fingerprint density at radius 3 is 2.50 bits per heavy atom. The van der Waals surface area contributed by atoms with Crippen LogP contribution in [0.2, 0.25) is 0 Å². The van der Waals surface area contributed by atoms with Gasteiger partial charge < -0.3 is 5.11 Å². The predicted molar refractivity (Wildman–Crippen MR) is 69.6 cm³/mol. The van der Waals surface area contributed by atoms with Gasteiger partial charge in [-0.3, -0.25) is 4.68 Å². The fraction of sp³-hybridized carbons (Fsp3) is 0.727. The molecular formula is C11H21N3O3S. The average molecular weight is 275 g/mol. The molecule has 18 heavy (non-hydrogen) atoms.